The van der Waals surface area contributed by atoms with Crippen molar-refractivity contribution in [3.63, 3.8) is 0 Å². The Labute approximate surface area is 147 Å². The molecule has 3 nitrogen and oxygen atoms in total. The van der Waals surface area contributed by atoms with E-state index in [4.69, 9.17) is 4.74 Å². The van der Waals surface area contributed by atoms with Crippen molar-refractivity contribution < 1.29 is 4.74 Å². The van der Waals surface area contributed by atoms with E-state index >= 15 is 0 Å². The molecule has 3 unspecified atom stereocenters. The lowest BCUT2D eigenvalue weighted by atomic mass is 9.92. The lowest BCUT2D eigenvalue weighted by Crippen LogP contribution is -2.51. The van der Waals surface area contributed by atoms with Gasteiger partial charge in [0.25, 0.3) is 0 Å². The van der Waals surface area contributed by atoms with Gasteiger partial charge in [0.05, 0.1) is 13.2 Å². The molecule has 0 bridgehead atoms. The highest BCUT2D eigenvalue weighted by molar-refractivity contribution is 9.10. The molecule has 0 spiro atoms. The minimum Gasteiger partial charge on any atom is -0.379 e. The van der Waals surface area contributed by atoms with Crippen molar-refractivity contribution >= 4 is 15.9 Å². The number of benzene rings is 1. The van der Waals surface area contributed by atoms with Gasteiger partial charge in [0.2, 0.25) is 0 Å². The number of halogens is 1. The summed E-state index contributed by atoms with van der Waals surface area (Å²) in [5.41, 5.74) is 1.88. The van der Waals surface area contributed by atoms with Crippen LogP contribution in [0.25, 0.3) is 0 Å². The second-order valence-electron chi connectivity index (χ2n) is 7.51. The van der Waals surface area contributed by atoms with Gasteiger partial charge in [-0.2, -0.15) is 0 Å². The Kier molecular flexibility index (Phi) is 4.77. The van der Waals surface area contributed by atoms with Crippen molar-refractivity contribution in [1.29, 1.82) is 0 Å². The summed E-state index contributed by atoms with van der Waals surface area (Å²) in [4.78, 5) is 0. The molecule has 3 fully saturated rings. The van der Waals surface area contributed by atoms with E-state index in [0.29, 0.717) is 17.5 Å². The van der Waals surface area contributed by atoms with Crippen LogP contribution >= 0.6 is 15.9 Å². The van der Waals surface area contributed by atoms with Gasteiger partial charge in [-0.3, -0.25) is 0 Å². The fourth-order valence-electron chi connectivity index (χ4n) is 4.45. The topological polar surface area (TPSA) is 33.3 Å². The van der Waals surface area contributed by atoms with Crippen LogP contribution in [0.4, 0.5) is 0 Å². The lowest BCUT2D eigenvalue weighted by molar-refractivity contribution is 0.0524. The normalized spacial score (nSPS) is 32.8. The standard InChI is InChI=1S/C19H27BrN2O/c20-15-4-1-3-14(11-15)19(7-8-19)13-22-17-6-2-5-16(17)18-12-23-10-9-21-18/h1,3-4,11,16-18,21-22H,2,5-10,12-13H2. The predicted octanol–water partition coefficient (Wildman–Crippen LogP) is 3.23. The molecular formula is C19H27BrN2O. The Bertz CT molecular complexity index is 540. The zero-order valence-corrected chi connectivity index (χ0v) is 15.3. The third kappa shape index (κ3) is 3.51. The summed E-state index contributed by atoms with van der Waals surface area (Å²) in [5.74, 6) is 0.730. The van der Waals surface area contributed by atoms with Gasteiger partial charge >= 0.3 is 0 Å². The number of morpholine rings is 1. The van der Waals surface area contributed by atoms with Crippen LogP contribution in [0.5, 0.6) is 0 Å². The molecule has 1 aromatic rings. The van der Waals surface area contributed by atoms with Crippen LogP contribution in [0, 0.1) is 5.92 Å². The molecule has 3 atom stereocenters. The molecular weight excluding hydrogens is 352 g/mol. The van der Waals surface area contributed by atoms with Crippen molar-refractivity contribution in [3.8, 4) is 0 Å². The third-order valence-electron chi connectivity index (χ3n) is 6.03. The van der Waals surface area contributed by atoms with Crippen LogP contribution in [-0.4, -0.2) is 38.4 Å². The average molecular weight is 379 g/mol. The summed E-state index contributed by atoms with van der Waals surface area (Å²) >= 11 is 3.62. The van der Waals surface area contributed by atoms with Gasteiger partial charge in [-0.1, -0.05) is 34.5 Å². The zero-order valence-electron chi connectivity index (χ0n) is 13.7. The maximum absolute atomic E-state index is 5.69. The first-order valence-electron chi connectivity index (χ1n) is 9.07. The van der Waals surface area contributed by atoms with Gasteiger partial charge in [-0.25, -0.2) is 0 Å². The Hall–Kier alpha value is -0.420. The van der Waals surface area contributed by atoms with Crippen molar-refractivity contribution in [2.75, 3.05) is 26.3 Å². The molecule has 0 aromatic heterocycles. The lowest BCUT2D eigenvalue weighted by Gasteiger charge is -2.33. The van der Waals surface area contributed by atoms with Crippen LogP contribution in [0.3, 0.4) is 0 Å². The minimum atomic E-state index is 0.382. The number of hydrogen-bond donors (Lipinski definition) is 2. The number of hydrogen-bond acceptors (Lipinski definition) is 3. The number of rotatable bonds is 5. The van der Waals surface area contributed by atoms with E-state index in [9.17, 15) is 0 Å². The third-order valence-corrected chi connectivity index (χ3v) is 6.52. The zero-order chi connectivity index (χ0) is 15.7. The first-order valence-corrected chi connectivity index (χ1v) is 9.87. The minimum absolute atomic E-state index is 0.382. The largest absolute Gasteiger partial charge is 0.379 e. The Morgan fingerprint density at radius 3 is 2.96 bits per heavy atom. The molecule has 4 rings (SSSR count). The maximum Gasteiger partial charge on any atom is 0.0623 e. The van der Waals surface area contributed by atoms with E-state index in [-0.39, 0.29) is 0 Å². The van der Waals surface area contributed by atoms with Crippen LogP contribution in [0.15, 0.2) is 28.7 Å². The highest BCUT2D eigenvalue weighted by atomic mass is 79.9. The molecule has 0 radical (unpaired) electrons. The Morgan fingerprint density at radius 2 is 2.22 bits per heavy atom. The summed E-state index contributed by atoms with van der Waals surface area (Å²) in [6, 6.07) is 10.1. The van der Waals surface area contributed by atoms with Gasteiger partial charge in [0, 0.05) is 35.1 Å². The van der Waals surface area contributed by atoms with Gasteiger partial charge in [-0.15, -0.1) is 0 Å². The first kappa shape index (κ1) is 16.1. The summed E-state index contributed by atoms with van der Waals surface area (Å²) in [5, 5.41) is 7.61. The van der Waals surface area contributed by atoms with Crippen LogP contribution in [0.1, 0.15) is 37.7 Å². The molecule has 2 saturated carbocycles. The van der Waals surface area contributed by atoms with Crippen molar-refractivity contribution in [3.05, 3.63) is 34.3 Å². The average Bonchev–Trinajstić information content (AvgIpc) is 3.24. The molecule has 3 aliphatic rings. The van der Waals surface area contributed by atoms with E-state index in [2.05, 4.69) is 50.8 Å². The number of nitrogens with one attached hydrogen (secondary N) is 2. The van der Waals surface area contributed by atoms with Crippen molar-refractivity contribution in [2.45, 2.75) is 49.6 Å². The van der Waals surface area contributed by atoms with Crippen LogP contribution in [-0.2, 0) is 10.2 Å². The molecule has 2 N–H and O–H groups in total. The van der Waals surface area contributed by atoms with E-state index in [1.807, 2.05) is 0 Å². The molecule has 23 heavy (non-hydrogen) atoms. The molecule has 2 aliphatic carbocycles. The summed E-state index contributed by atoms with van der Waals surface area (Å²) in [7, 11) is 0. The van der Waals surface area contributed by atoms with Crippen molar-refractivity contribution in [2.24, 2.45) is 5.92 Å². The molecule has 4 heteroatoms. The quantitative estimate of drug-likeness (QED) is 0.824. The Balaban J connectivity index is 1.38. The van der Waals surface area contributed by atoms with E-state index < -0.39 is 0 Å². The molecule has 1 aromatic carbocycles. The molecule has 1 heterocycles. The second kappa shape index (κ2) is 6.83. The fraction of sp³-hybridized carbons (Fsp3) is 0.684. The smallest absolute Gasteiger partial charge is 0.0623 e. The number of ether oxygens (including phenoxy) is 1. The van der Waals surface area contributed by atoms with Gasteiger partial charge in [0.1, 0.15) is 0 Å². The van der Waals surface area contributed by atoms with Gasteiger partial charge in [-0.05, 0) is 49.3 Å². The monoisotopic (exact) mass is 378 g/mol. The van der Waals surface area contributed by atoms with Gasteiger partial charge in [0.15, 0.2) is 0 Å². The molecule has 1 aliphatic heterocycles. The summed E-state index contributed by atoms with van der Waals surface area (Å²) < 4.78 is 6.89. The fourth-order valence-corrected chi connectivity index (χ4v) is 4.85. The van der Waals surface area contributed by atoms with E-state index in [0.717, 1.165) is 32.2 Å². The maximum atomic E-state index is 5.69. The molecule has 1 saturated heterocycles. The van der Waals surface area contributed by atoms with Crippen molar-refractivity contribution in [1.82, 2.24) is 10.6 Å². The van der Waals surface area contributed by atoms with Crippen LogP contribution in [0.2, 0.25) is 0 Å². The molecule has 0 amide bonds. The first-order chi connectivity index (χ1) is 11.3. The SMILES string of the molecule is Brc1cccc(C2(CNC3CCCC3C3COCCN3)CC2)c1. The van der Waals surface area contributed by atoms with E-state index in [1.165, 1.54) is 42.1 Å². The van der Waals surface area contributed by atoms with Crippen LogP contribution < -0.4 is 10.6 Å². The summed E-state index contributed by atoms with van der Waals surface area (Å²) in [6.07, 6.45) is 6.64. The van der Waals surface area contributed by atoms with Gasteiger partial charge < -0.3 is 15.4 Å². The molecule has 126 valence electrons. The second-order valence-corrected chi connectivity index (χ2v) is 8.42. The highest BCUT2D eigenvalue weighted by Crippen LogP contribution is 2.48. The summed E-state index contributed by atoms with van der Waals surface area (Å²) in [6.45, 7) is 3.89. The highest BCUT2D eigenvalue weighted by Gasteiger charge is 2.45. The van der Waals surface area contributed by atoms with E-state index in [1.54, 1.807) is 0 Å². The Morgan fingerprint density at radius 1 is 1.30 bits per heavy atom. The predicted molar refractivity (Wildman–Crippen MR) is 96.8 cm³/mol.